The Morgan fingerprint density at radius 2 is 2.00 bits per heavy atom. The molecule has 1 aromatic carbocycles. The van der Waals surface area contributed by atoms with Gasteiger partial charge in [0.2, 0.25) is 0 Å². The molecule has 0 aliphatic carbocycles. The first kappa shape index (κ1) is 29.2. The number of ether oxygens (including phenoxy) is 2. The highest BCUT2D eigenvalue weighted by Crippen LogP contribution is 2.44. The van der Waals surface area contributed by atoms with Crippen LogP contribution in [0.2, 0.25) is 0 Å². The first-order valence-corrected chi connectivity index (χ1v) is 13.9. The number of nitrogens with zero attached hydrogens (tertiary/aromatic N) is 3. The van der Waals surface area contributed by atoms with Crippen LogP contribution in [0.15, 0.2) is 36.5 Å². The lowest BCUT2D eigenvalue weighted by Crippen LogP contribution is -2.28. The summed E-state index contributed by atoms with van der Waals surface area (Å²) in [4.78, 5) is 35.1. The molecule has 2 N–H and O–H groups in total. The third-order valence-electron chi connectivity index (χ3n) is 7.46. The van der Waals surface area contributed by atoms with Gasteiger partial charge in [0.15, 0.2) is 17.7 Å². The summed E-state index contributed by atoms with van der Waals surface area (Å²) < 4.78 is 29.0. The zero-order valence-electron chi connectivity index (χ0n) is 24.7. The van der Waals surface area contributed by atoms with E-state index in [2.05, 4.69) is 10.3 Å². The fourth-order valence-electron chi connectivity index (χ4n) is 5.55. The number of pyridine rings is 2. The van der Waals surface area contributed by atoms with Gasteiger partial charge in [0.1, 0.15) is 11.3 Å². The van der Waals surface area contributed by atoms with Gasteiger partial charge in [-0.05, 0) is 82.9 Å². The quantitative estimate of drug-likeness (QED) is 0.296. The van der Waals surface area contributed by atoms with Crippen molar-refractivity contribution in [1.29, 1.82) is 0 Å². The molecule has 0 radical (unpaired) electrons. The van der Waals surface area contributed by atoms with E-state index in [1.54, 1.807) is 57.6 Å². The second kappa shape index (κ2) is 11.2. The zero-order valence-corrected chi connectivity index (χ0v) is 24.7. The number of fused-ring (bicyclic) bond motifs is 2. The molecular formula is C32H35FN4O5. The molecule has 3 aromatic heterocycles. The van der Waals surface area contributed by atoms with Gasteiger partial charge in [-0.3, -0.25) is 9.78 Å². The van der Waals surface area contributed by atoms with E-state index in [9.17, 15) is 14.7 Å². The molecule has 220 valence electrons. The van der Waals surface area contributed by atoms with Crippen LogP contribution in [0.4, 0.5) is 4.39 Å². The normalized spacial score (nSPS) is 13.9. The predicted octanol–water partition coefficient (Wildman–Crippen LogP) is 5.59. The van der Waals surface area contributed by atoms with Crippen molar-refractivity contribution in [3.05, 3.63) is 76.1 Å². The van der Waals surface area contributed by atoms with Crippen molar-refractivity contribution in [3.63, 3.8) is 0 Å². The minimum Gasteiger partial charge on any atom is -0.490 e. The number of nitrogens with one attached hydrogen (secondary N) is 1. The van der Waals surface area contributed by atoms with Gasteiger partial charge in [-0.25, -0.2) is 14.2 Å². The van der Waals surface area contributed by atoms with Crippen LogP contribution in [-0.4, -0.2) is 43.7 Å². The zero-order chi connectivity index (χ0) is 30.3. The van der Waals surface area contributed by atoms with E-state index < -0.39 is 23.5 Å². The Labute approximate surface area is 243 Å². The van der Waals surface area contributed by atoms with Gasteiger partial charge in [0.25, 0.3) is 5.91 Å². The lowest BCUT2D eigenvalue weighted by molar-refractivity contribution is -0.160. The maximum Gasteiger partial charge on any atom is 0.337 e. The minimum atomic E-state index is -1.40. The topological polar surface area (TPSA) is 116 Å². The van der Waals surface area contributed by atoms with E-state index in [1.165, 1.54) is 6.07 Å². The minimum absolute atomic E-state index is 0.224. The first-order chi connectivity index (χ1) is 19.9. The SMILES string of the molecule is Cc1nc2c(cc(C(=O)NCc3ccccn3)n2C)c(-c2cc(F)c3c(c2C)CCCO3)c1[C@H](OC(C)(C)C)C(=O)O. The average Bonchev–Trinajstić information content (AvgIpc) is 3.27. The lowest BCUT2D eigenvalue weighted by Gasteiger charge is -2.29. The smallest absolute Gasteiger partial charge is 0.337 e. The van der Waals surface area contributed by atoms with Crippen molar-refractivity contribution in [2.45, 2.75) is 65.7 Å². The predicted molar refractivity (Wildman–Crippen MR) is 156 cm³/mol. The molecule has 0 saturated heterocycles. The number of hydrogen-bond acceptors (Lipinski definition) is 6. The summed E-state index contributed by atoms with van der Waals surface area (Å²) in [6.07, 6.45) is 1.63. The van der Waals surface area contributed by atoms with E-state index >= 15 is 4.39 Å². The third kappa shape index (κ3) is 5.46. The Kier molecular flexibility index (Phi) is 7.76. The number of hydrogen-bond donors (Lipinski definition) is 2. The number of carbonyl (C=O) groups is 2. The Morgan fingerprint density at radius 1 is 1.24 bits per heavy atom. The van der Waals surface area contributed by atoms with Crippen LogP contribution >= 0.6 is 0 Å². The third-order valence-corrected chi connectivity index (χ3v) is 7.46. The molecule has 0 saturated carbocycles. The molecule has 0 spiro atoms. The summed E-state index contributed by atoms with van der Waals surface area (Å²) in [6, 6.07) is 8.53. The molecular weight excluding hydrogens is 539 g/mol. The second-order valence-electron chi connectivity index (χ2n) is 11.6. The standard InChI is InChI=1S/C32H35FN4O5/c1-17-20-11-9-13-41-27(20)23(33)14-21(17)26-22-15-24(30(38)35-16-19-10-7-8-12-34-19)37(6)29(22)36-18(2)25(26)28(31(39)40)42-32(3,4)5/h7-8,10,12,14-15,28H,9,11,13,16H2,1-6H3,(H,35,38)(H,39,40)/t28-/m0/s1. The van der Waals surface area contributed by atoms with Crippen molar-refractivity contribution in [1.82, 2.24) is 19.9 Å². The fourth-order valence-corrected chi connectivity index (χ4v) is 5.55. The van der Waals surface area contributed by atoms with Gasteiger partial charge in [-0.1, -0.05) is 6.07 Å². The monoisotopic (exact) mass is 574 g/mol. The van der Waals surface area contributed by atoms with Crippen molar-refractivity contribution >= 4 is 22.9 Å². The molecule has 0 fully saturated rings. The number of aromatic nitrogens is 3. The highest BCUT2D eigenvalue weighted by molar-refractivity contribution is 6.04. The molecule has 1 amide bonds. The van der Waals surface area contributed by atoms with Gasteiger partial charge in [-0.15, -0.1) is 0 Å². The molecule has 10 heteroatoms. The van der Waals surface area contributed by atoms with Crippen LogP contribution in [0, 0.1) is 19.7 Å². The van der Waals surface area contributed by atoms with Crippen LogP contribution in [0.1, 0.15) is 71.9 Å². The molecule has 1 aliphatic rings. The number of benzene rings is 1. The van der Waals surface area contributed by atoms with Gasteiger partial charge in [0.05, 0.1) is 24.4 Å². The Hall–Kier alpha value is -4.31. The maximum absolute atomic E-state index is 15.6. The average molecular weight is 575 g/mol. The molecule has 1 atom stereocenters. The van der Waals surface area contributed by atoms with E-state index in [1.807, 2.05) is 19.1 Å². The highest BCUT2D eigenvalue weighted by atomic mass is 19.1. The van der Waals surface area contributed by atoms with Gasteiger partial charge in [-0.2, -0.15) is 0 Å². The molecule has 5 rings (SSSR count). The molecule has 42 heavy (non-hydrogen) atoms. The van der Waals surface area contributed by atoms with Gasteiger partial charge >= 0.3 is 5.97 Å². The Balaban J connectivity index is 1.76. The van der Waals surface area contributed by atoms with Crippen molar-refractivity contribution in [3.8, 4) is 16.9 Å². The summed E-state index contributed by atoms with van der Waals surface area (Å²) in [7, 11) is 1.72. The summed E-state index contributed by atoms with van der Waals surface area (Å²) in [6.45, 7) is 9.58. The van der Waals surface area contributed by atoms with Crippen LogP contribution in [0.3, 0.4) is 0 Å². The fraction of sp³-hybridized carbons (Fsp3) is 0.375. The van der Waals surface area contributed by atoms with Gasteiger partial charge in [0, 0.05) is 41.0 Å². The van der Waals surface area contributed by atoms with Crippen LogP contribution in [0.5, 0.6) is 5.75 Å². The number of aliphatic carboxylic acids is 1. The summed E-state index contributed by atoms with van der Waals surface area (Å²) >= 11 is 0. The number of amides is 1. The lowest BCUT2D eigenvalue weighted by atomic mass is 9.86. The van der Waals surface area contributed by atoms with E-state index in [4.69, 9.17) is 14.5 Å². The molecule has 0 unspecified atom stereocenters. The van der Waals surface area contributed by atoms with E-state index in [-0.39, 0.29) is 18.2 Å². The van der Waals surface area contributed by atoms with Crippen LogP contribution in [0.25, 0.3) is 22.2 Å². The molecule has 1 aliphatic heterocycles. The number of rotatable bonds is 7. The number of carboxylic acids is 1. The largest absolute Gasteiger partial charge is 0.490 e. The first-order valence-electron chi connectivity index (χ1n) is 13.9. The molecule has 4 aromatic rings. The molecule has 0 bridgehead atoms. The van der Waals surface area contributed by atoms with Crippen LogP contribution < -0.4 is 10.1 Å². The molecule has 4 heterocycles. The second-order valence-corrected chi connectivity index (χ2v) is 11.6. The number of carboxylic acid groups (broad SMARTS) is 1. The van der Waals surface area contributed by atoms with Crippen molar-refractivity contribution < 1.29 is 28.6 Å². The van der Waals surface area contributed by atoms with Gasteiger partial charge < -0.3 is 24.5 Å². The summed E-state index contributed by atoms with van der Waals surface area (Å²) in [5.41, 5.74) is 3.90. The van der Waals surface area contributed by atoms with E-state index in [0.717, 1.165) is 17.5 Å². The molecule has 9 nitrogen and oxygen atoms in total. The summed E-state index contributed by atoms with van der Waals surface area (Å²) in [5, 5.41) is 13.8. The van der Waals surface area contributed by atoms with Crippen molar-refractivity contribution in [2.24, 2.45) is 7.05 Å². The highest BCUT2D eigenvalue weighted by Gasteiger charge is 2.34. The Morgan fingerprint density at radius 3 is 2.67 bits per heavy atom. The maximum atomic E-state index is 15.6. The van der Waals surface area contributed by atoms with Crippen LogP contribution in [-0.2, 0) is 29.5 Å². The number of aryl methyl sites for hydroxylation is 2. The Bertz CT molecular complexity index is 1690. The number of halogens is 1. The number of carbonyl (C=O) groups excluding carboxylic acids is 1. The van der Waals surface area contributed by atoms with E-state index in [0.29, 0.717) is 57.8 Å². The van der Waals surface area contributed by atoms with Crippen molar-refractivity contribution in [2.75, 3.05) is 6.61 Å². The summed E-state index contributed by atoms with van der Waals surface area (Å²) in [5.74, 6) is -1.84.